The predicted octanol–water partition coefficient (Wildman–Crippen LogP) is 1.04. The van der Waals surface area contributed by atoms with Crippen molar-refractivity contribution in [3.63, 3.8) is 0 Å². The Morgan fingerprint density at radius 1 is 1.50 bits per heavy atom. The fourth-order valence-corrected chi connectivity index (χ4v) is 2.57. The molecule has 0 aliphatic heterocycles. The minimum absolute atomic E-state index is 0.180. The number of carbonyl (C=O) groups excluding carboxylic acids is 1. The molecule has 2 amide bonds. The summed E-state index contributed by atoms with van der Waals surface area (Å²) in [5, 5.41) is 14.6. The number of carboxylic acids is 1. The van der Waals surface area contributed by atoms with Gasteiger partial charge in [-0.3, -0.25) is 0 Å². The highest BCUT2D eigenvalue weighted by molar-refractivity contribution is 5.83. The van der Waals surface area contributed by atoms with E-state index in [9.17, 15) is 9.59 Å². The molecule has 1 heterocycles. The van der Waals surface area contributed by atoms with Crippen LogP contribution >= 0.6 is 0 Å². The minimum Gasteiger partial charge on any atom is -0.480 e. The molecule has 1 aromatic heterocycles. The van der Waals surface area contributed by atoms with Crippen LogP contribution in [0.1, 0.15) is 38.3 Å². The van der Waals surface area contributed by atoms with Crippen LogP contribution in [0.3, 0.4) is 0 Å². The predicted molar refractivity (Wildman–Crippen MR) is 72.3 cm³/mol. The maximum Gasteiger partial charge on any atom is 0.326 e. The fourth-order valence-electron chi connectivity index (χ4n) is 2.57. The number of nitrogens with zero attached hydrogens (tertiary/aromatic N) is 1. The molecular formula is C13H20N4O3. The summed E-state index contributed by atoms with van der Waals surface area (Å²) in [6.07, 6.45) is 7.25. The molecule has 0 radical (unpaired) electrons. The molecule has 7 nitrogen and oxygen atoms in total. The van der Waals surface area contributed by atoms with E-state index in [0.29, 0.717) is 5.69 Å². The number of hydrogen-bond acceptors (Lipinski definition) is 3. The molecule has 1 aliphatic carbocycles. The van der Waals surface area contributed by atoms with Crippen LogP contribution in [0.25, 0.3) is 0 Å². The number of amides is 2. The van der Waals surface area contributed by atoms with Gasteiger partial charge < -0.3 is 20.7 Å². The van der Waals surface area contributed by atoms with Gasteiger partial charge in [0.05, 0.1) is 6.33 Å². The summed E-state index contributed by atoms with van der Waals surface area (Å²) in [4.78, 5) is 29.8. The number of carbonyl (C=O) groups is 2. The van der Waals surface area contributed by atoms with Crippen molar-refractivity contribution in [2.24, 2.45) is 0 Å². The van der Waals surface area contributed by atoms with Crippen molar-refractivity contribution in [3.05, 3.63) is 18.2 Å². The number of urea groups is 1. The molecule has 110 valence electrons. The second-order valence-corrected chi connectivity index (χ2v) is 5.54. The monoisotopic (exact) mass is 280 g/mol. The van der Waals surface area contributed by atoms with E-state index >= 15 is 0 Å². The zero-order valence-electron chi connectivity index (χ0n) is 11.5. The molecule has 0 bridgehead atoms. The molecular weight excluding hydrogens is 260 g/mol. The molecule has 1 aliphatic rings. The van der Waals surface area contributed by atoms with E-state index in [1.807, 2.05) is 6.92 Å². The number of imidazole rings is 1. The summed E-state index contributed by atoms with van der Waals surface area (Å²) in [6, 6.07) is -1.40. The van der Waals surface area contributed by atoms with Gasteiger partial charge in [0.25, 0.3) is 0 Å². The van der Waals surface area contributed by atoms with Crippen molar-refractivity contribution in [2.45, 2.75) is 50.6 Å². The van der Waals surface area contributed by atoms with Crippen molar-refractivity contribution >= 4 is 12.0 Å². The Bertz CT molecular complexity index is 466. The van der Waals surface area contributed by atoms with E-state index in [1.165, 1.54) is 6.33 Å². The number of aromatic amines is 1. The lowest BCUT2D eigenvalue weighted by molar-refractivity contribution is -0.139. The number of carboxylic acid groups (broad SMARTS) is 1. The van der Waals surface area contributed by atoms with Gasteiger partial charge in [0.1, 0.15) is 6.04 Å². The van der Waals surface area contributed by atoms with Crippen LogP contribution in [0.4, 0.5) is 4.79 Å². The van der Waals surface area contributed by atoms with Crippen molar-refractivity contribution in [1.82, 2.24) is 20.6 Å². The second-order valence-electron chi connectivity index (χ2n) is 5.54. The van der Waals surface area contributed by atoms with Gasteiger partial charge in [0.2, 0.25) is 0 Å². The fraction of sp³-hybridized carbons (Fsp3) is 0.615. The summed E-state index contributed by atoms with van der Waals surface area (Å²) < 4.78 is 0. The van der Waals surface area contributed by atoms with Crippen LogP contribution in [0.2, 0.25) is 0 Å². The van der Waals surface area contributed by atoms with Gasteiger partial charge in [-0.2, -0.15) is 0 Å². The van der Waals surface area contributed by atoms with Gasteiger partial charge in [-0.15, -0.1) is 0 Å². The van der Waals surface area contributed by atoms with Gasteiger partial charge in [0.15, 0.2) is 0 Å². The first-order valence-electron chi connectivity index (χ1n) is 6.77. The number of aromatic nitrogens is 2. The van der Waals surface area contributed by atoms with E-state index in [0.717, 1.165) is 25.7 Å². The molecule has 4 N–H and O–H groups in total. The molecule has 1 aromatic rings. The Morgan fingerprint density at radius 2 is 2.20 bits per heavy atom. The Hall–Kier alpha value is -2.05. The Kier molecular flexibility index (Phi) is 4.26. The summed E-state index contributed by atoms with van der Waals surface area (Å²) in [6.45, 7) is 1.99. The lowest BCUT2D eigenvalue weighted by atomic mass is 10.0. The van der Waals surface area contributed by atoms with Crippen LogP contribution in [-0.4, -0.2) is 38.7 Å². The van der Waals surface area contributed by atoms with Crippen molar-refractivity contribution in [1.29, 1.82) is 0 Å². The highest BCUT2D eigenvalue weighted by atomic mass is 16.4. The van der Waals surface area contributed by atoms with Gasteiger partial charge in [-0.05, 0) is 19.8 Å². The number of hydrogen-bond donors (Lipinski definition) is 4. The average Bonchev–Trinajstić information content (AvgIpc) is 3.00. The van der Waals surface area contributed by atoms with Crippen molar-refractivity contribution in [2.75, 3.05) is 0 Å². The maximum absolute atomic E-state index is 11.9. The summed E-state index contributed by atoms with van der Waals surface area (Å²) in [5.74, 6) is -1.06. The highest BCUT2D eigenvalue weighted by Crippen LogP contribution is 2.28. The van der Waals surface area contributed by atoms with E-state index in [-0.39, 0.29) is 12.0 Å². The molecule has 0 aromatic carbocycles. The van der Waals surface area contributed by atoms with E-state index in [1.54, 1.807) is 6.20 Å². The van der Waals surface area contributed by atoms with E-state index in [4.69, 9.17) is 5.11 Å². The van der Waals surface area contributed by atoms with Crippen LogP contribution in [0, 0.1) is 0 Å². The SMILES string of the molecule is CC1(NC(=O)N[C@H](Cc2cnc[nH]2)C(=O)O)CCCC1. The lowest BCUT2D eigenvalue weighted by Gasteiger charge is -2.26. The van der Waals surface area contributed by atoms with E-state index < -0.39 is 18.0 Å². The third-order valence-electron chi connectivity index (χ3n) is 3.70. The summed E-state index contributed by atoms with van der Waals surface area (Å²) in [7, 11) is 0. The average molecular weight is 280 g/mol. The molecule has 2 rings (SSSR count). The quantitative estimate of drug-likeness (QED) is 0.646. The zero-order valence-corrected chi connectivity index (χ0v) is 11.5. The van der Waals surface area contributed by atoms with Gasteiger partial charge in [-0.1, -0.05) is 12.8 Å². The number of H-pyrrole nitrogens is 1. The topological polar surface area (TPSA) is 107 Å². The maximum atomic E-state index is 11.9. The lowest BCUT2D eigenvalue weighted by Crippen LogP contribution is -2.53. The molecule has 1 fully saturated rings. The van der Waals surface area contributed by atoms with Crippen molar-refractivity contribution < 1.29 is 14.7 Å². The van der Waals surface area contributed by atoms with Crippen LogP contribution in [-0.2, 0) is 11.2 Å². The zero-order chi connectivity index (χ0) is 14.6. The standard InChI is InChI=1S/C13H20N4O3/c1-13(4-2-3-5-13)17-12(20)16-10(11(18)19)6-9-7-14-8-15-9/h7-8,10H,2-6H2,1H3,(H,14,15)(H,18,19)(H2,16,17,20)/t10-/m1/s1. The molecule has 0 unspecified atom stereocenters. The Labute approximate surface area is 117 Å². The van der Waals surface area contributed by atoms with Crippen LogP contribution in [0.15, 0.2) is 12.5 Å². The Balaban J connectivity index is 1.90. The molecule has 1 saturated carbocycles. The first-order valence-corrected chi connectivity index (χ1v) is 6.77. The molecule has 20 heavy (non-hydrogen) atoms. The minimum atomic E-state index is -1.06. The summed E-state index contributed by atoms with van der Waals surface area (Å²) >= 11 is 0. The third-order valence-corrected chi connectivity index (χ3v) is 3.70. The normalized spacial score (nSPS) is 18.4. The molecule has 7 heteroatoms. The summed E-state index contributed by atoms with van der Waals surface area (Å²) in [5.41, 5.74) is 0.450. The largest absolute Gasteiger partial charge is 0.480 e. The van der Waals surface area contributed by atoms with Crippen molar-refractivity contribution in [3.8, 4) is 0 Å². The first-order chi connectivity index (χ1) is 9.48. The second kappa shape index (κ2) is 5.94. The number of rotatable bonds is 5. The Morgan fingerprint density at radius 3 is 2.75 bits per heavy atom. The molecule has 0 saturated heterocycles. The van der Waals surface area contributed by atoms with Gasteiger partial charge in [0, 0.05) is 23.9 Å². The first kappa shape index (κ1) is 14.4. The smallest absolute Gasteiger partial charge is 0.326 e. The number of nitrogens with one attached hydrogen (secondary N) is 3. The van der Waals surface area contributed by atoms with Gasteiger partial charge in [-0.25, -0.2) is 14.6 Å². The van der Waals surface area contributed by atoms with Crippen LogP contribution < -0.4 is 10.6 Å². The molecule has 0 spiro atoms. The van der Waals surface area contributed by atoms with Gasteiger partial charge >= 0.3 is 12.0 Å². The highest BCUT2D eigenvalue weighted by Gasteiger charge is 2.31. The third kappa shape index (κ3) is 3.72. The van der Waals surface area contributed by atoms with E-state index in [2.05, 4.69) is 20.6 Å². The number of aliphatic carboxylic acids is 1. The van der Waals surface area contributed by atoms with Crippen LogP contribution in [0.5, 0.6) is 0 Å². The molecule has 1 atom stereocenters.